The number of thiophene rings is 1. The molecule has 1 aromatic heterocycles. The van der Waals surface area contributed by atoms with E-state index in [1.807, 2.05) is 32.3 Å². The lowest BCUT2D eigenvalue weighted by atomic mass is 10.3. The Morgan fingerprint density at radius 2 is 2.23 bits per heavy atom. The molecular formula is C9H12BrNOS. The average molecular weight is 262 g/mol. The summed E-state index contributed by atoms with van der Waals surface area (Å²) in [5, 5.41) is 1.91. The smallest absolute Gasteiger partial charge is 0.265 e. The fraction of sp³-hybridized carbons (Fsp3) is 0.444. The molecule has 0 saturated heterocycles. The van der Waals surface area contributed by atoms with Gasteiger partial charge in [-0.25, -0.2) is 0 Å². The largest absolute Gasteiger partial charge is 0.339 e. The van der Waals surface area contributed by atoms with Crippen molar-refractivity contribution in [1.29, 1.82) is 0 Å². The van der Waals surface area contributed by atoms with Crippen molar-refractivity contribution in [2.45, 2.75) is 19.9 Å². The fourth-order valence-corrected chi connectivity index (χ4v) is 2.36. The first-order valence-corrected chi connectivity index (χ1v) is 5.71. The predicted molar refractivity (Wildman–Crippen MR) is 59.2 cm³/mol. The van der Waals surface area contributed by atoms with E-state index in [2.05, 4.69) is 15.9 Å². The van der Waals surface area contributed by atoms with Gasteiger partial charge in [0.25, 0.3) is 5.91 Å². The number of carbonyl (C=O) groups excluding carboxylic acids is 1. The van der Waals surface area contributed by atoms with E-state index in [1.54, 1.807) is 4.90 Å². The Morgan fingerprint density at radius 3 is 2.62 bits per heavy atom. The van der Waals surface area contributed by atoms with Gasteiger partial charge in [-0.1, -0.05) is 0 Å². The molecular weight excluding hydrogens is 250 g/mol. The van der Waals surface area contributed by atoms with Crippen LogP contribution in [0.5, 0.6) is 0 Å². The van der Waals surface area contributed by atoms with E-state index in [-0.39, 0.29) is 11.9 Å². The van der Waals surface area contributed by atoms with E-state index in [1.165, 1.54) is 11.3 Å². The first-order valence-electron chi connectivity index (χ1n) is 4.04. The van der Waals surface area contributed by atoms with Crippen molar-refractivity contribution >= 4 is 33.2 Å². The molecule has 0 aliphatic heterocycles. The van der Waals surface area contributed by atoms with E-state index in [0.29, 0.717) is 0 Å². The van der Waals surface area contributed by atoms with Crippen molar-refractivity contribution in [2.75, 3.05) is 7.05 Å². The molecule has 0 aromatic carbocycles. The van der Waals surface area contributed by atoms with E-state index in [9.17, 15) is 4.79 Å². The van der Waals surface area contributed by atoms with Crippen LogP contribution in [0.15, 0.2) is 15.9 Å². The highest BCUT2D eigenvalue weighted by Gasteiger charge is 2.17. The standard InChI is InChI=1S/C9H12BrNOS/c1-6(2)11(3)9(12)8-7(10)4-5-13-8/h4-6H,1-3H3. The fourth-order valence-electron chi connectivity index (χ4n) is 0.841. The molecule has 0 bridgehead atoms. The summed E-state index contributed by atoms with van der Waals surface area (Å²) in [4.78, 5) is 14.3. The molecule has 0 atom stereocenters. The van der Waals surface area contributed by atoms with Crippen molar-refractivity contribution < 1.29 is 4.79 Å². The van der Waals surface area contributed by atoms with E-state index in [0.717, 1.165) is 9.35 Å². The van der Waals surface area contributed by atoms with Crippen LogP contribution in [0.4, 0.5) is 0 Å². The topological polar surface area (TPSA) is 20.3 Å². The molecule has 0 spiro atoms. The highest BCUT2D eigenvalue weighted by atomic mass is 79.9. The molecule has 2 nitrogen and oxygen atoms in total. The van der Waals surface area contributed by atoms with Crippen LogP contribution in [0, 0.1) is 0 Å². The van der Waals surface area contributed by atoms with Crippen LogP contribution in [0.1, 0.15) is 23.5 Å². The number of rotatable bonds is 2. The van der Waals surface area contributed by atoms with E-state index >= 15 is 0 Å². The maximum Gasteiger partial charge on any atom is 0.265 e. The lowest BCUT2D eigenvalue weighted by Crippen LogP contribution is -2.32. The summed E-state index contributed by atoms with van der Waals surface area (Å²) in [5.41, 5.74) is 0. The van der Waals surface area contributed by atoms with Crippen molar-refractivity contribution in [3.63, 3.8) is 0 Å². The second-order valence-electron chi connectivity index (χ2n) is 3.11. The molecule has 0 N–H and O–H groups in total. The Balaban J connectivity index is 2.86. The Labute approximate surface area is 90.7 Å². The molecule has 0 fully saturated rings. The third-order valence-corrected chi connectivity index (χ3v) is 3.73. The second-order valence-corrected chi connectivity index (χ2v) is 4.88. The van der Waals surface area contributed by atoms with Crippen LogP contribution in [-0.4, -0.2) is 23.9 Å². The van der Waals surface area contributed by atoms with Crippen LogP contribution < -0.4 is 0 Å². The molecule has 0 saturated carbocycles. The third kappa shape index (κ3) is 2.31. The van der Waals surface area contributed by atoms with Gasteiger partial charge in [-0.15, -0.1) is 11.3 Å². The maximum atomic E-state index is 11.8. The summed E-state index contributed by atoms with van der Waals surface area (Å²) in [6.45, 7) is 4.00. The molecule has 0 aliphatic carbocycles. The zero-order valence-corrected chi connectivity index (χ0v) is 10.3. The average Bonchev–Trinajstić information content (AvgIpc) is 2.48. The first kappa shape index (κ1) is 10.7. The Morgan fingerprint density at radius 1 is 1.62 bits per heavy atom. The summed E-state index contributed by atoms with van der Waals surface area (Å²) >= 11 is 4.81. The molecule has 1 rings (SSSR count). The van der Waals surface area contributed by atoms with Gasteiger partial charge in [0.15, 0.2) is 0 Å². The summed E-state index contributed by atoms with van der Waals surface area (Å²) < 4.78 is 0.884. The highest BCUT2D eigenvalue weighted by molar-refractivity contribution is 9.10. The van der Waals surface area contributed by atoms with Crippen LogP contribution in [-0.2, 0) is 0 Å². The Hall–Kier alpha value is -0.350. The first-order chi connectivity index (χ1) is 6.04. The molecule has 4 heteroatoms. The Bertz CT molecular complexity index is 308. The molecule has 0 radical (unpaired) electrons. The number of hydrogen-bond acceptors (Lipinski definition) is 2. The number of nitrogens with zero attached hydrogens (tertiary/aromatic N) is 1. The normalized spacial score (nSPS) is 10.5. The van der Waals surface area contributed by atoms with Crippen molar-refractivity contribution in [3.8, 4) is 0 Å². The summed E-state index contributed by atoms with van der Waals surface area (Å²) in [7, 11) is 1.82. The van der Waals surface area contributed by atoms with Gasteiger partial charge in [0.2, 0.25) is 0 Å². The molecule has 13 heavy (non-hydrogen) atoms. The van der Waals surface area contributed by atoms with Crippen molar-refractivity contribution in [3.05, 3.63) is 20.8 Å². The minimum Gasteiger partial charge on any atom is -0.339 e. The molecule has 1 amide bonds. The summed E-state index contributed by atoms with van der Waals surface area (Å²) in [5.74, 6) is 0.0804. The van der Waals surface area contributed by atoms with E-state index in [4.69, 9.17) is 0 Å². The second kappa shape index (κ2) is 4.24. The van der Waals surface area contributed by atoms with Crippen LogP contribution in [0.25, 0.3) is 0 Å². The molecule has 1 heterocycles. The zero-order valence-electron chi connectivity index (χ0n) is 7.87. The van der Waals surface area contributed by atoms with Crippen molar-refractivity contribution in [2.24, 2.45) is 0 Å². The van der Waals surface area contributed by atoms with Gasteiger partial charge in [-0.05, 0) is 41.2 Å². The van der Waals surface area contributed by atoms with Gasteiger partial charge in [0, 0.05) is 17.6 Å². The monoisotopic (exact) mass is 261 g/mol. The summed E-state index contributed by atoms with van der Waals surface area (Å²) in [6.07, 6.45) is 0. The number of halogens is 1. The van der Waals surface area contributed by atoms with Crippen LogP contribution in [0.2, 0.25) is 0 Å². The van der Waals surface area contributed by atoms with Crippen LogP contribution in [0.3, 0.4) is 0 Å². The highest BCUT2D eigenvalue weighted by Crippen LogP contribution is 2.24. The predicted octanol–water partition coefficient (Wildman–Crippen LogP) is 2.99. The quantitative estimate of drug-likeness (QED) is 0.802. The number of amides is 1. The van der Waals surface area contributed by atoms with Crippen molar-refractivity contribution in [1.82, 2.24) is 4.90 Å². The van der Waals surface area contributed by atoms with Gasteiger partial charge in [0.1, 0.15) is 4.88 Å². The number of hydrogen-bond donors (Lipinski definition) is 0. The summed E-state index contributed by atoms with van der Waals surface area (Å²) in [6, 6.07) is 2.13. The number of carbonyl (C=O) groups is 1. The lowest BCUT2D eigenvalue weighted by Gasteiger charge is -2.20. The van der Waals surface area contributed by atoms with E-state index < -0.39 is 0 Å². The lowest BCUT2D eigenvalue weighted by molar-refractivity contribution is 0.0759. The minimum absolute atomic E-state index is 0.0804. The van der Waals surface area contributed by atoms with Gasteiger partial charge in [-0.2, -0.15) is 0 Å². The minimum atomic E-state index is 0.0804. The Kier molecular flexibility index (Phi) is 3.50. The molecule has 1 aromatic rings. The molecule has 0 unspecified atom stereocenters. The third-order valence-electron chi connectivity index (χ3n) is 1.91. The molecule has 72 valence electrons. The maximum absolute atomic E-state index is 11.8. The zero-order chi connectivity index (χ0) is 10.0. The van der Waals surface area contributed by atoms with Gasteiger partial charge in [-0.3, -0.25) is 4.79 Å². The molecule has 0 aliphatic rings. The SMILES string of the molecule is CC(C)N(C)C(=O)c1sccc1Br. The van der Waals surface area contributed by atoms with Crippen LogP contribution >= 0.6 is 27.3 Å². The van der Waals surface area contributed by atoms with Gasteiger partial charge < -0.3 is 4.90 Å². The van der Waals surface area contributed by atoms with Gasteiger partial charge >= 0.3 is 0 Å². The van der Waals surface area contributed by atoms with Gasteiger partial charge in [0.05, 0.1) is 0 Å².